The molecule has 0 atom stereocenters. The fourth-order valence-electron chi connectivity index (χ4n) is 1.99. The van der Waals surface area contributed by atoms with Gasteiger partial charge in [0.05, 0.1) is 0 Å². The van der Waals surface area contributed by atoms with E-state index in [1.165, 1.54) is 27.4 Å². The lowest BCUT2D eigenvalue weighted by atomic mass is 9.62. The molecule has 0 amide bonds. The lowest BCUT2D eigenvalue weighted by Crippen LogP contribution is -2.50. The van der Waals surface area contributed by atoms with Crippen molar-refractivity contribution in [3.8, 4) is 0 Å². The van der Waals surface area contributed by atoms with Gasteiger partial charge in [0.2, 0.25) is 0 Å². The minimum absolute atomic E-state index is 0.257. The van der Waals surface area contributed by atoms with Gasteiger partial charge in [0.25, 0.3) is 0 Å². The first-order valence-corrected chi connectivity index (χ1v) is 5.33. The summed E-state index contributed by atoms with van der Waals surface area (Å²) in [4.78, 5) is 0. The molecular weight excluding hydrogens is 163 g/mol. The number of hydrogen-bond donors (Lipinski definition) is 0. The number of benzene rings is 1. The van der Waals surface area contributed by atoms with Gasteiger partial charge < -0.3 is 0 Å². The maximum Gasteiger partial charge on any atom is 0.138 e. The lowest BCUT2D eigenvalue weighted by molar-refractivity contribution is 0.595. The summed E-state index contributed by atoms with van der Waals surface area (Å²) in [5.41, 5.74) is 7.51. The zero-order valence-electron chi connectivity index (χ0n) is 10.6. The van der Waals surface area contributed by atoms with Crippen molar-refractivity contribution in [2.45, 2.75) is 26.2 Å². The second-order valence-corrected chi connectivity index (χ2v) is 5.37. The minimum atomic E-state index is 0.257. The quantitative estimate of drug-likeness (QED) is 0.358. The van der Waals surface area contributed by atoms with E-state index in [1.54, 1.807) is 0 Å². The van der Waals surface area contributed by atoms with Crippen molar-refractivity contribution in [1.82, 2.24) is 0 Å². The molecule has 0 spiro atoms. The van der Waals surface area contributed by atoms with E-state index in [-0.39, 0.29) is 5.41 Å². The van der Waals surface area contributed by atoms with Crippen LogP contribution in [0.5, 0.6) is 0 Å². The van der Waals surface area contributed by atoms with E-state index in [2.05, 4.69) is 58.2 Å². The Bertz CT molecular complexity index is 363. The van der Waals surface area contributed by atoms with Crippen molar-refractivity contribution < 1.29 is 0 Å². The maximum absolute atomic E-state index is 2.34. The second kappa shape index (κ2) is 3.56. The highest BCUT2D eigenvalue weighted by Crippen LogP contribution is 2.17. The summed E-state index contributed by atoms with van der Waals surface area (Å²) in [7, 11) is 8.89. The van der Waals surface area contributed by atoms with Gasteiger partial charge >= 0.3 is 0 Å². The Kier molecular flexibility index (Phi) is 2.94. The Labute approximate surface area is 91.5 Å². The third-order valence-electron chi connectivity index (χ3n) is 3.29. The zero-order valence-corrected chi connectivity index (χ0v) is 10.6. The Morgan fingerprint density at radius 1 is 0.857 bits per heavy atom. The highest BCUT2D eigenvalue weighted by Gasteiger charge is 2.18. The predicted octanol–water partition coefficient (Wildman–Crippen LogP) is -3.98. The Morgan fingerprint density at radius 3 is 1.79 bits per heavy atom. The molecule has 1 aromatic carbocycles. The molecular formula is C10H18B4. The highest BCUT2D eigenvalue weighted by atomic mass is 14.2. The first-order valence-electron chi connectivity index (χ1n) is 5.33. The van der Waals surface area contributed by atoms with Crippen LogP contribution in [0.15, 0.2) is 6.07 Å². The van der Waals surface area contributed by atoms with Crippen LogP contribution >= 0.6 is 0 Å². The van der Waals surface area contributed by atoms with Crippen molar-refractivity contribution in [3.05, 3.63) is 11.6 Å². The maximum atomic E-state index is 2.34. The summed E-state index contributed by atoms with van der Waals surface area (Å²) in [5.74, 6) is 0. The molecule has 0 unspecified atom stereocenters. The van der Waals surface area contributed by atoms with Gasteiger partial charge in [-0.05, 0) is 5.41 Å². The van der Waals surface area contributed by atoms with Gasteiger partial charge in [-0.1, -0.05) is 43.3 Å². The molecule has 1 aromatic rings. The monoisotopic (exact) mass is 182 g/mol. The van der Waals surface area contributed by atoms with Gasteiger partial charge in [0.15, 0.2) is 0 Å². The van der Waals surface area contributed by atoms with Crippen LogP contribution in [0.4, 0.5) is 0 Å². The van der Waals surface area contributed by atoms with Crippen LogP contribution in [0.2, 0.25) is 0 Å². The lowest BCUT2D eigenvalue weighted by Gasteiger charge is -2.25. The van der Waals surface area contributed by atoms with Crippen LogP contribution in [0.1, 0.15) is 26.3 Å². The third-order valence-corrected chi connectivity index (χ3v) is 3.29. The number of rotatable bonds is 0. The molecule has 0 aliphatic rings. The smallest absolute Gasteiger partial charge is 0.102 e. The van der Waals surface area contributed by atoms with Crippen LogP contribution in [0, 0.1) is 0 Å². The SMILES string of the molecule is Bc1cc(C(C)(C)C)c(B)c(B)c1B. The average molecular weight is 182 g/mol. The van der Waals surface area contributed by atoms with Gasteiger partial charge in [-0.15, -0.1) is 10.9 Å². The van der Waals surface area contributed by atoms with E-state index in [0.29, 0.717) is 0 Å². The minimum Gasteiger partial charge on any atom is -0.102 e. The van der Waals surface area contributed by atoms with Gasteiger partial charge in [-0.2, -0.15) is 0 Å². The topological polar surface area (TPSA) is 0 Å². The zero-order chi connectivity index (χ0) is 11.1. The van der Waals surface area contributed by atoms with Crippen LogP contribution in [0.3, 0.4) is 0 Å². The fourth-order valence-corrected chi connectivity index (χ4v) is 1.99. The van der Waals surface area contributed by atoms with Crippen LogP contribution < -0.4 is 21.9 Å². The molecule has 0 fully saturated rings. The summed E-state index contributed by atoms with van der Waals surface area (Å²) in [6.45, 7) is 6.84. The first kappa shape index (κ1) is 11.6. The van der Waals surface area contributed by atoms with E-state index in [1.807, 2.05) is 0 Å². The van der Waals surface area contributed by atoms with E-state index in [9.17, 15) is 0 Å². The molecule has 0 aliphatic heterocycles. The van der Waals surface area contributed by atoms with Crippen molar-refractivity contribution in [1.29, 1.82) is 0 Å². The van der Waals surface area contributed by atoms with Crippen molar-refractivity contribution in [3.63, 3.8) is 0 Å². The summed E-state index contributed by atoms with van der Waals surface area (Å²) < 4.78 is 0. The molecule has 1 rings (SSSR count). The average Bonchev–Trinajstić information content (AvgIpc) is 2.06. The molecule has 0 aliphatic carbocycles. The second-order valence-electron chi connectivity index (χ2n) is 5.37. The van der Waals surface area contributed by atoms with Crippen molar-refractivity contribution >= 4 is 53.2 Å². The molecule has 0 saturated carbocycles. The largest absolute Gasteiger partial charge is 0.138 e. The standard InChI is InChI=1S/C10H18B4/c1-10(2,3)5-4-6(11)8(13)9(14)7(5)12/h4H,11-14H2,1-3H3. The molecule has 0 saturated heterocycles. The Morgan fingerprint density at radius 2 is 1.36 bits per heavy atom. The normalized spacial score (nSPS) is 11.6. The highest BCUT2D eigenvalue weighted by molar-refractivity contribution is 6.62. The van der Waals surface area contributed by atoms with E-state index in [0.717, 1.165) is 0 Å². The first-order chi connectivity index (χ1) is 6.25. The molecule has 14 heavy (non-hydrogen) atoms. The van der Waals surface area contributed by atoms with Crippen LogP contribution in [-0.4, -0.2) is 31.4 Å². The summed E-state index contributed by atoms with van der Waals surface area (Å²) in [5, 5.41) is 0. The summed E-state index contributed by atoms with van der Waals surface area (Å²) in [6.07, 6.45) is 0. The summed E-state index contributed by atoms with van der Waals surface area (Å²) >= 11 is 0. The van der Waals surface area contributed by atoms with E-state index in [4.69, 9.17) is 0 Å². The molecule has 0 N–H and O–H groups in total. The van der Waals surface area contributed by atoms with Crippen molar-refractivity contribution in [2.24, 2.45) is 0 Å². The molecule has 0 heterocycles. The van der Waals surface area contributed by atoms with E-state index >= 15 is 0 Å². The molecule has 0 nitrogen and oxygen atoms in total. The molecule has 0 aromatic heterocycles. The van der Waals surface area contributed by atoms with E-state index < -0.39 is 0 Å². The van der Waals surface area contributed by atoms with Gasteiger partial charge in [0.1, 0.15) is 31.4 Å². The van der Waals surface area contributed by atoms with Gasteiger partial charge in [-0.25, -0.2) is 0 Å². The molecule has 0 bridgehead atoms. The number of hydrogen-bond acceptors (Lipinski definition) is 0. The molecule has 70 valence electrons. The molecule has 0 radical (unpaired) electrons. The predicted molar refractivity (Wildman–Crippen MR) is 77.9 cm³/mol. The summed E-state index contributed by atoms with van der Waals surface area (Å²) in [6, 6.07) is 2.34. The van der Waals surface area contributed by atoms with Crippen LogP contribution in [0.25, 0.3) is 0 Å². The van der Waals surface area contributed by atoms with Crippen LogP contribution in [-0.2, 0) is 5.41 Å². The Balaban J connectivity index is 3.49. The van der Waals surface area contributed by atoms with Gasteiger partial charge in [-0.3, -0.25) is 0 Å². The van der Waals surface area contributed by atoms with Gasteiger partial charge in [0, 0.05) is 0 Å². The molecule has 4 heteroatoms. The van der Waals surface area contributed by atoms with Crippen molar-refractivity contribution in [2.75, 3.05) is 0 Å². The fraction of sp³-hybridized carbons (Fsp3) is 0.400. The third kappa shape index (κ3) is 1.94. The Hall–Kier alpha value is -0.520.